The largest absolute Gasteiger partial charge is 0.367 e. The van der Waals surface area contributed by atoms with Gasteiger partial charge in [0.05, 0.1) is 28.7 Å². The summed E-state index contributed by atoms with van der Waals surface area (Å²) in [7, 11) is 0. The first-order chi connectivity index (χ1) is 10.9. The van der Waals surface area contributed by atoms with Crippen molar-refractivity contribution in [2.24, 2.45) is 11.8 Å². The van der Waals surface area contributed by atoms with Crippen LogP contribution in [0, 0.1) is 11.8 Å². The molecule has 0 aliphatic carbocycles. The van der Waals surface area contributed by atoms with Gasteiger partial charge in [-0.25, -0.2) is 4.90 Å². The van der Waals surface area contributed by atoms with Gasteiger partial charge in [0.1, 0.15) is 0 Å². The lowest BCUT2D eigenvalue weighted by atomic mass is 9.69. The van der Waals surface area contributed by atoms with Gasteiger partial charge in [0.2, 0.25) is 11.8 Å². The van der Waals surface area contributed by atoms with E-state index in [4.69, 9.17) is 4.74 Å². The predicted octanol–water partition coefficient (Wildman–Crippen LogP) is 3.35. The number of carbonyl (C=O) groups excluding carboxylic acids is 2. The van der Waals surface area contributed by atoms with Crippen molar-refractivity contribution in [3.63, 3.8) is 0 Å². The van der Waals surface area contributed by atoms with Crippen molar-refractivity contribution < 1.29 is 14.3 Å². The standard InChI is InChI=1S/C18H17NO3S/c1-17-7-8-18(2,22-17)14-13(17)15(20)19(16(14)21)11-9-23-12-6-4-3-5-10(11)12/h3-6,9,13-14H,7-8H2,1-2H3/t13-,14?,17?,18?/m1/s1. The maximum atomic E-state index is 13.1. The van der Waals surface area contributed by atoms with Gasteiger partial charge in [-0.05, 0) is 32.8 Å². The number of benzene rings is 1. The number of imide groups is 1. The minimum atomic E-state index is -0.493. The Hall–Kier alpha value is -1.72. The van der Waals surface area contributed by atoms with Crippen LogP contribution in [0.3, 0.4) is 0 Å². The number of nitrogens with zero attached hydrogens (tertiary/aromatic N) is 1. The number of amides is 2. The number of ether oxygens (including phenoxy) is 1. The second-order valence-corrected chi connectivity index (χ2v) is 8.22. The molecule has 3 saturated heterocycles. The first kappa shape index (κ1) is 13.7. The van der Waals surface area contributed by atoms with Crippen LogP contribution in [0.5, 0.6) is 0 Å². The molecule has 1 aromatic carbocycles. The van der Waals surface area contributed by atoms with E-state index in [1.807, 2.05) is 43.5 Å². The molecule has 3 aliphatic heterocycles. The third-order valence-electron chi connectivity index (χ3n) is 5.91. The molecule has 2 aromatic rings. The van der Waals surface area contributed by atoms with Crippen molar-refractivity contribution >= 4 is 38.9 Å². The van der Waals surface area contributed by atoms with Gasteiger partial charge in [-0.2, -0.15) is 0 Å². The second-order valence-electron chi connectivity index (χ2n) is 7.31. The lowest BCUT2D eigenvalue weighted by molar-refractivity contribution is -0.129. The van der Waals surface area contributed by atoms with Crippen molar-refractivity contribution in [3.8, 4) is 0 Å². The smallest absolute Gasteiger partial charge is 0.240 e. The Morgan fingerprint density at radius 3 is 2.35 bits per heavy atom. The normalized spacial score (nSPS) is 38.8. The average Bonchev–Trinajstić information content (AvgIpc) is 3.19. The number of rotatable bonds is 1. The topological polar surface area (TPSA) is 46.6 Å². The van der Waals surface area contributed by atoms with E-state index in [-0.39, 0.29) is 23.7 Å². The maximum absolute atomic E-state index is 13.1. The Balaban J connectivity index is 1.67. The number of anilines is 1. The summed E-state index contributed by atoms with van der Waals surface area (Å²) in [5.41, 5.74) is -0.249. The van der Waals surface area contributed by atoms with E-state index in [1.54, 1.807) is 11.3 Å². The molecule has 4 nitrogen and oxygen atoms in total. The molecule has 2 bridgehead atoms. The molecule has 0 radical (unpaired) electrons. The van der Waals surface area contributed by atoms with Crippen LogP contribution >= 0.6 is 11.3 Å². The van der Waals surface area contributed by atoms with E-state index in [1.165, 1.54) is 4.90 Å². The zero-order valence-corrected chi connectivity index (χ0v) is 13.9. The number of hydrogen-bond donors (Lipinski definition) is 0. The summed E-state index contributed by atoms with van der Waals surface area (Å²) in [5.74, 6) is -0.858. The molecule has 5 rings (SSSR count). The number of hydrogen-bond acceptors (Lipinski definition) is 4. The van der Waals surface area contributed by atoms with E-state index < -0.39 is 11.2 Å². The molecular formula is C18H17NO3S. The molecule has 0 spiro atoms. The fourth-order valence-corrected chi connectivity index (χ4v) is 5.77. The maximum Gasteiger partial charge on any atom is 0.240 e. The first-order valence-corrected chi connectivity index (χ1v) is 8.87. The van der Waals surface area contributed by atoms with Gasteiger partial charge in [-0.3, -0.25) is 9.59 Å². The Morgan fingerprint density at radius 2 is 1.70 bits per heavy atom. The molecule has 0 saturated carbocycles. The Morgan fingerprint density at radius 1 is 1.09 bits per heavy atom. The van der Waals surface area contributed by atoms with Gasteiger partial charge in [-0.1, -0.05) is 18.2 Å². The van der Waals surface area contributed by atoms with Crippen LogP contribution in [-0.4, -0.2) is 23.0 Å². The SMILES string of the molecule is CC12CCC(C)(O1)[C@H]1C(=O)N(c3csc4ccccc34)C(=O)C12. The Labute approximate surface area is 138 Å². The van der Waals surface area contributed by atoms with E-state index in [9.17, 15) is 9.59 Å². The van der Waals surface area contributed by atoms with Crippen molar-refractivity contribution in [1.82, 2.24) is 0 Å². The molecule has 0 N–H and O–H groups in total. The molecule has 118 valence electrons. The van der Waals surface area contributed by atoms with Crippen LogP contribution in [0.2, 0.25) is 0 Å². The summed E-state index contributed by atoms with van der Waals surface area (Å²) < 4.78 is 7.24. The molecule has 2 amide bonds. The van der Waals surface area contributed by atoms with Crippen LogP contribution in [0.4, 0.5) is 5.69 Å². The number of thiophene rings is 1. The highest BCUT2D eigenvalue weighted by Gasteiger charge is 2.72. The van der Waals surface area contributed by atoms with Gasteiger partial charge in [0, 0.05) is 15.5 Å². The van der Waals surface area contributed by atoms with Crippen LogP contribution in [0.1, 0.15) is 26.7 Å². The fraction of sp³-hybridized carbons (Fsp3) is 0.444. The van der Waals surface area contributed by atoms with Gasteiger partial charge >= 0.3 is 0 Å². The van der Waals surface area contributed by atoms with Crippen LogP contribution in [0.15, 0.2) is 29.6 Å². The average molecular weight is 327 g/mol. The fourth-order valence-electron chi connectivity index (χ4n) is 4.84. The van der Waals surface area contributed by atoms with Crippen LogP contribution in [0.25, 0.3) is 10.1 Å². The second kappa shape index (κ2) is 4.02. The third-order valence-corrected chi connectivity index (χ3v) is 6.86. The molecule has 23 heavy (non-hydrogen) atoms. The highest BCUT2D eigenvalue weighted by atomic mass is 32.1. The highest BCUT2D eigenvalue weighted by molar-refractivity contribution is 7.17. The van der Waals surface area contributed by atoms with Gasteiger partial charge in [0.15, 0.2) is 0 Å². The van der Waals surface area contributed by atoms with E-state index in [0.717, 1.165) is 28.6 Å². The summed E-state index contributed by atoms with van der Waals surface area (Å²) in [6.45, 7) is 3.98. The molecule has 5 heteroatoms. The van der Waals surface area contributed by atoms with Gasteiger partial charge in [0.25, 0.3) is 0 Å². The minimum absolute atomic E-state index is 0.0884. The molecule has 4 atom stereocenters. The molecule has 3 unspecified atom stereocenters. The van der Waals surface area contributed by atoms with E-state index in [0.29, 0.717) is 0 Å². The molecule has 4 heterocycles. The summed E-state index contributed by atoms with van der Waals surface area (Å²) in [6, 6.07) is 7.91. The van der Waals surface area contributed by atoms with Crippen molar-refractivity contribution in [3.05, 3.63) is 29.6 Å². The van der Waals surface area contributed by atoms with Crippen molar-refractivity contribution in [1.29, 1.82) is 0 Å². The van der Waals surface area contributed by atoms with Crippen molar-refractivity contribution in [2.45, 2.75) is 37.9 Å². The number of fused-ring (bicyclic) bond motifs is 6. The van der Waals surface area contributed by atoms with Gasteiger partial charge in [-0.15, -0.1) is 11.3 Å². The number of carbonyl (C=O) groups is 2. The Bertz CT molecular complexity index is 840. The summed E-state index contributed by atoms with van der Waals surface area (Å²) in [6.07, 6.45) is 1.70. The highest BCUT2D eigenvalue weighted by Crippen LogP contribution is 2.61. The third kappa shape index (κ3) is 1.50. The minimum Gasteiger partial charge on any atom is -0.367 e. The van der Waals surface area contributed by atoms with Crippen molar-refractivity contribution in [2.75, 3.05) is 4.90 Å². The first-order valence-electron chi connectivity index (χ1n) is 7.99. The predicted molar refractivity (Wildman–Crippen MR) is 88.4 cm³/mol. The Kier molecular flexibility index (Phi) is 2.40. The zero-order chi connectivity index (χ0) is 16.0. The van der Waals surface area contributed by atoms with E-state index in [2.05, 4.69) is 0 Å². The lowest BCUT2D eigenvalue weighted by Crippen LogP contribution is -2.40. The van der Waals surface area contributed by atoms with Gasteiger partial charge < -0.3 is 4.74 Å². The molecule has 3 aliphatic rings. The summed E-state index contributed by atoms with van der Waals surface area (Å²) >= 11 is 1.57. The molecule has 3 fully saturated rings. The molecule has 1 aromatic heterocycles. The summed E-state index contributed by atoms with van der Waals surface area (Å²) in [5, 5.41) is 2.90. The van der Waals surface area contributed by atoms with Crippen LogP contribution < -0.4 is 4.90 Å². The zero-order valence-electron chi connectivity index (χ0n) is 13.0. The van der Waals surface area contributed by atoms with Crippen LogP contribution in [-0.2, 0) is 14.3 Å². The lowest BCUT2D eigenvalue weighted by Gasteiger charge is -2.27. The monoisotopic (exact) mass is 327 g/mol. The quantitative estimate of drug-likeness (QED) is 0.755. The summed E-state index contributed by atoms with van der Waals surface area (Å²) in [4.78, 5) is 27.6. The van der Waals surface area contributed by atoms with E-state index >= 15 is 0 Å². The molecular weight excluding hydrogens is 310 g/mol.